The first-order valence-corrected chi connectivity index (χ1v) is 5.28. The van der Waals surface area contributed by atoms with Crippen LogP contribution < -0.4 is 10.6 Å². The molecule has 0 atom stereocenters. The molecule has 2 rings (SSSR count). The molecule has 0 bridgehead atoms. The van der Waals surface area contributed by atoms with E-state index in [9.17, 15) is 4.79 Å². The van der Waals surface area contributed by atoms with Crippen molar-refractivity contribution in [2.75, 3.05) is 13.6 Å². The molecule has 1 fully saturated rings. The Morgan fingerprint density at radius 3 is 2.44 bits per heavy atom. The Labute approximate surface area is 102 Å². The molecule has 1 amide bonds. The first-order chi connectivity index (χ1) is 7.27. The summed E-state index contributed by atoms with van der Waals surface area (Å²) in [6.07, 6.45) is 2.10. The molecule has 1 aliphatic carbocycles. The summed E-state index contributed by atoms with van der Waals surface area (Å²) in [5.74, 6) is 0.0684. The molecule has 4 heteroatoms. The normalized spacial score (nSPS) is 16.1. The van der Waals surface area contributed by atoms with E-state index in [0.717, 1.165) is 12.8 Å². The van der Waals surface area contributed by atoms with Crippen molar-refractivity contribution in [1.82, 2.24) is 10.6 Å². The van der Waals surface area contributed by atoms with E-state index < -0.39 is 0 Å². The molecule has 3 nitrogen and oxygen atoms in total. The Balaban J connectivity index is 0.00000128. The minimum absolute atomic E-state index is 0. The van der Waals surface area contributed by atoms with Gasteiger partial charge in [-0.25, -0.2) is 0 Å². The maximum Gasteiger partial charge on any atom is 0.234 e. The van der Waals surface area contributed by atoms with Crippen LogP contribution in [0, 0.1) is 0 Å². The standard InChI is InChI=1S/C12H16N2O.ClH/c1-13-9-11(15)14-12(7-8-12)10-5-3-2-4-6-10;/h2-6,13H,7-9H2,1H3,(H,14,15);1H. The highest BCUT2D eigenvalue weighted by atomic mass is 35.5. The van der Waals surface area contributed by atoms with E-state index in [1.807, 2.05) is 18.2 Å². The van der Waals surface area contributed by atoms with Crippen LogP contribution in [0.3, 0.4) is 0 Å². The number of carbonyl (C=O) groups excluding carboxylic acids is 1. The second-order valence-electron chi connectivity index (χ2n) is 4.03. The number of rotatable bonds is 4. The fourth-order valence-corrected chi connectivity index (χ4v) is 1.84. The molecule has 0 heterocycles. The molecule has 0 aliphatic heterocycles. The van der Waals surface area contributed by atoms with Gasteiger partial charge in [-0.1, -0.05) is 30.3 Å². The van der Waals surface area contributed by atoms with E-state index in [1.165, 1.54) is 5.56 Å². The monoisotopic (exact) mass is 240 g/mol. The SMILES string of the molecule is CNCC(=O)NC1(c2ccccc2)CC1.Cl. The molecule has 1 saturated carbocycles. The first-order valence-electron chi connectivity index (χ1n) is 5.28. The minimum Gasteiger partial charge on any atom is -0.345 e. The number of carbonyl (C=O) groups is 1. The van der Waals surface area contributed by atoms with E-state index >= 15 is 0 Å². The van der Waals surface area contributed by atoms with Crippen LogP contribution in [0.4, 0.5) is 0 Å². The van der Waals surface area contributed by atoms with Gasteiger partial charge in [0.05, 0.1) is 12.1 Å². The van der Waals surface area contributed by atoms with Gasteiger partial charge in [-0.15, -0.1) is 12.4 Å². The molecule has 2 N–H and O–H groups in total. The zero-order chi connectivity index (χ0) is 10.7. The number of halogens is 1. The number of hydrogen-bond donors (Lipinski definition) is 2. The van der Waals surface area contributed by atoms with Crippen LogP contribution in [0.2, 0.25) is 0 Å². The summed E-state index contributed by atoms with van der Waals surface area (Å²) in [4.78, 5) is 11.5. The maximum absolute atomic E-state index is 11.5. The van der Waals surface area contributed by atoms with E-state index in [-0.39, 0.29) is 23.9 Å². The van der Waals surface area contributed by atoms with Crippen LogP contribution in [-0.4, -0.2) is 19.5 Å². The molecule has 88 valence electrons. The summed E-state index contributed by atoms with van der Waals surface area (Å²) in [5.41, 5.74) is 1.14. The maximum atomic E-state index is 11.5. The molecule has 1 aliphatic rings. The lowest BCUT2D eigenvalue weighted by molar-refractivity contribution is -0.121. The zero-order valence-corrected chi connectivity index (χ0v) is 10.1. The lowest BCUT2D eigenvalue weighted by atomic mass is 10.1. The van der Waals surface area contributed by atoms with Crippen molar-refractivity contribution in [3.8, 4) is 0 Å². The van der Waals surface area contributed by atoms with E-state index in [1.54, 1.807) is 7.05 Å². The van der Waals surface area contributed by atoms with Gasteiger partial charge in [0.15, 0.2) is 0 Å². The highest BCUT2D eigenvalue weighted by Gasteiger charge is 2.45. The van der Waals surface area contributed by atoms with E-state index in [4.69, 9.17) is 0 Å². The third-order valence-corrected chi connectivity index (χ3v) is 2.79. The van der Waals surface area contributed by atoms with Crippen molar-refractivity contribution in [3.63, 3.8) is 0 Å². The first kappa shape index (κ1) is 13.0. The number of hydrogen-bond acceptors (Lipinski definition) is 2. The lowest BCUT2D eigenvalue weighted by Crippen LogP contribution is -2.39. The number of likely N-dealkylation sites (N-methyl/N-ethyl adjacent to an activating group) is 1. The molecule has 0 spiro atoms. The van der Waals surface area contributed by atoms with Crippen LogP contribution >= 0.6 is 12.4 Å². The minimum atomic E-state index is -0.0742. The van der Waals surface area contributed by atoms with Crippen LogP contribution in [0.1, 0.15) is 18.4 Å². The molecule has 0 aromatic heterocycles. The molecule has 0 unspecified atom stereocenters. The Morgan fingerprint density at radius 2 is 1.94 bits per heavy atom. The highest BCUT2D eigenvalue weighted by Crippen LogP contribution is 2.45. The fourth-order valence-electron chi connectivity index (χ4n) is 1.84. The predicted octanol–water partition coefficient (Wildman–Crippen LogP) is 1.43. The second-order valence-corrected chi connectivity index (χ2v) is 4.03. The predicted molar refractivity (Wildman–Crippen MR) is 66.7 cm³/mol. The fraction of sp³-hybridized carbons (Fsp3) is 0.417. The average molecular weight is 241 g/mol. The van der Waals surface area contributed by atoms with Gasteiger partial charge >= 0.3 is 0 Å². The van der Waals surface area contributed by atoms with E-state index in [0.29, 0.717) is 6.54 Å². The van der Waals surface area contributed by atoms with Gasteiger partial charge in [0.2, 0.25) is 5.91 Å². The summed E-state index contributed by atoms with van der Waals surface area (Å²) in [6, 6.07) is 10.2. The second kappa shape index (κ2) is 5.32. The van der Waals surface area contributed by atoms with Crippen molar-refractivity contribution in [2.24, 2.45) is 0 Å². The lowest BCUT2D eigenvalue weighted by Gasteiger charge is -2.17. The van der Waals surface area contributed by atoms with Crippen LogP contribution in [0.25, 0.3) is 0 Å². The van der Waals surface area contributed by atoms with Crippen LogP contribution in [-0.2, 0) is 10.3 Å². The number of amides is 1. The smallest absolute Gasteiger partial charge is 0.234 e. The number of benzene rings is 1. The molecule has 0 radical (unpaired) electrons. The Morgan fingerprint density at radius 1 is 1.31 bits per heavy atom. The van der Waals surface area contributed by atoms with Crippen molar-refractivity contribution in [1.29, 1.82) is 0 Å². The Bertz CT molecular complexity index is 349. The molecular formula is C12H17ClN2O. The molecule has 1 aromatic rings. The van der Waals surface area contributed by atoms with Crippen LogP contribution in [0.15, 0.2) is 30.3 Å². The van der Waals surface area contributed by atoms with Crippen molar-refractivity contribution in [2.45, 2.75) is 18.4 Å². The van der Waals surface area contributed by atoms with Crippen molar-refractivity contribution >= 4 is 18.3 Å². The Hall–Kier alpha value is -1.06. The molecular weight excluding hydrogens is 224 g/mol. The topological polar surface area (TPSA) is 41.1 Å². The zero-order valence-electron chi connectivity index (χ0n) is 9.32. The van der Waals surface area contributed by atoms with Gasteiger partial charge in [0, 0.05) is 0 Å². The van der Waals surface area contributed by atoms with Gasteiger partial charge in [0.25, 0.3) is 0 Å². The molecule has 16 heavy (non-hydrogen) atoms. The number of nitrogens with one attached hydrogen (secondary N) is 2. The van der Waals surface area contributed by atoms with Gasteiger partial charge < -0.3 is 10.6 Å². The largest absolute Gasteiger partial charge is 0.345 e. The summed E-state index contributed by atoms with van der Waals surface area (Å²) in [7, 11) is 1.78. The van der Waals surface area contributed by atoms with Crippen LogP contribution in [0.5, 0.6) is 0 Å². The summed E-state index contributed by atoms with van der Waals surface area (Å²) in [5, 5.41) is 5.94. The molecule has 0 saturated heterocycles. The summed E-state index contributed by atoms with van der Waals surface area (Å²) < 4.78 is 0. The average Bonchev–Trinajstić information content (AvgIpc) is 3.01. The van der Waals surface area contributed by atoms with Gasteiger partial charge in [-0.3, -0.25) is 4.79 Å². The summed E-state index contributed by atoms with van der Waals surface area (Å²) >= 11 is 0. The third-order valence-electron chi connectivity index (χ3n) is 2.79. The Kier molecular flexibility index (Phi) is 4.33. The van der Waals surface area contributed by atoms with Gasteiger partial charge in [0.1, 0.15) is 0 Å². The third kappa shape index (κ3) is 2.74. The quantitative estimate of drug-likeness (QED) is 0.836. The summed E-state index contributed by atoms with van der Waals surface area (Å²) in [6.45, 7) is 0.384. The van der Waals surface area contributed by atoms with Crippen molar-refractivity contribution in [3.05, 3.63) is 35.9 Å². The van der Waals surface area contributed by atoms with Gasteiger partial charge in [-0.05, 0) is 25.5 Å². The van der Waals surface area contributed by atoms with E-state index in [2.05, 4.69) is 22.8 Å². The molecule has 1 aromatic carbocycles. The van der Waals surface area contributed by atoms with Crippen molar-refractivity contribution < 1.29 is 4.79 Å². The van der Waals surface area contributed by atoms with Gasteiger partial charge in [-0.2, -0.15) is 0 Å². The highest BCUT2D eigenvalue weighted by molar-refractivity contribution is 5.85.